The van der Waals surface area contributed by atoms with Crippen molar-refractivity contribution in [1.82, 2.24) is 0 Å². The minimum absolute atomic E-state index is 0.0870. The number of anilines is 2. The molecule has 1 aromatic rings. The topological polar surface area (TPSA) is 101 Å². The van der Waals surface area contributed by atoms with Crippen molar-refractivity contribution in [3.63, 3.8) is 0 Å². The summed E-state index contributed by atoms with van der Waals surface area (Å²) in [5.74, 6) is 0. The molecule has 0 saturated heterocycles. The van der Waals surface area contributed by atoms with Crippen molar-refractivity contribution < 1.29 is 0 Å². The van der Waals surface area contributed by atoms with E-state index in [1.807, 2.05) is 18.2 Å². The van der Waals surface area contributed by atoms with Crippen molar-refractivity contribution in [3.8, 4) is 18.2 Å². The van der Waals surface area contributed by atoms with E-state index in [1.165, 1.54) is 6.07 Å². The van der Waals surface area contributed by atoms with Crippen molar-refractivity contribution in [2.24, 2.45) is 0 Å². The Balaban J connectivity index is 3.08. The predicted octanol–water partition coefficient (Wildman–Crippen LogP) is 0.994. The first kappa shape index (κ1) is 11.4. The maximum absolute atomic E-state index is 8.67. The van der Waals surface area contributed by atoms with Gasteiger partial charge in [-0.1, -0.05) is 0 Å². The molecule has 0 unspecified atom stereocenters. The van der Waals surface area contributed by atoms with Gasteiger partial charge in [-0.2, -0.15) is 15.8 Å². The van der Waals surface area contributed by atoms with Crippen LogP contribution in [0.15, 0.2) is 18.2 Å². The van der Waals surface area contributed by atoms with Gasteiger partial charge in [0.2, 0.25) is 0 Å². The highest BCUT2D eigenvalue weighted by Crippen LogP contribution is 2.23. The number of nitrogens with zero attached hydrogens (tertiary/aromatic N) is 4. The van der Waals surface area contributed by atoms with Gasteiger partial charge in [-0.05, 0) is 18.2 Å². The van der Waals surface area contributed by atoms with Crippen LogP contribution in [0.25, 0.3) is 0 Å². The first-order valence-corrected chi connectivity index (χ1v) is 4.51. The standard InChI is InChI=1S/C11H9N5/c12-3-5-16(6-4-13)11-2-1-9(8-14)7-10(11)15/h1-2,7H,5-6,15H2. The minimum Gasteiger partial charge on any atom is -0.397 e. The summed E-state index contributed by atoms with van der Waals surface area (Å²) in [6.45, 7) is 0.174. The van der Waals surface area contributed by atoms with Crippen LogP contribution in [0.2, 0.25) is 0 Å². The van der Waals surface area contributed by atoms with E-state index < -0.39 is 0 Å². The Morgan fingerprint density at radius 1 is 1.12 bits per heavy atom. The Morgan fingerprint density at radius 2 is 1.75 bits per heavy atom. The molecule has 5 heteroatoms. The molecule has 0 saturated carbocycles. The average Bonchev–Trinajstić information content (AvgIpc) is 2.29. The molecule has 0 aromatic heterocycles. The van der Waals surface area contributed by atoms with Gasteiger partial charge in [0.05, 0.1) is 35.1 Å². The number of rotatable bonds is 3. The van der Waals surface area contributed by atoms with Gasteiger partial charge in [-0.25, -0.2) is 0 Å². The van der Waals surface area contributed by atoms with Crippen LogP contribution in [0.4, 0.5) is 11.4 Å². The summed E-state index contributed by atoms with van der Waals surface area (Å²) < 4.78 is 0. The lowest BCUT2D eigenvalue weighted by Gasteiger charge is -2.19. The Hall–Kier alpha value is -2.71. The van der Waals surface area contributed by atoms with Crippen LogP contribution in [0.1, 0.15) is 5.56 Å². The number of benzene rings is 1. The molecule has 0 heterocycles. The summed E-state index contributed by atoms with van der Waals surface area (Å²) in [7, 11) is 0. The molecule has 78 valence electrons. The fourth-order valence-corrected chi connectivity index (χ4v) is 1.31. The molecule has 2 N–H and O–H groups in total. The van der Waals surface area contributed by atoms with E-state index in [4.69, 9.17) is 21.5 Å². The zero-order chi connectivity index (χ0) is 12.0. The quantitative estimate of drug-likeness (QED) is 0.593. The van der Waals surface area contributed by atoms with E-state index in [0.717, 1.165) is 0 Å². The Morgan fingerprint density at radius 3 is 2.19 bits per heavy atom. The van der Waals surface area contributed by atoms with Gasteiger partial charge in [0.1, 0.15) is 13.1 Å². The van der Waals surface area contributed by atoms with Crippen LogP contribution >= 0.6 is 0 Å². The van der Waals surface area contributed by atoms with Crippen molar-refractivity contribution in [2.75, 3.05) is 23.7 Å². The lowest BCUT2D eigenvalue weighted by atomic mass is 10.1. The molecule has 16 heavy (non-hydrogen) atoms. The molecule has 1 rings (SSSR count). The van der Waals surface area contributed by atoms with Gasteiger partial charge < -0.3 is 10.6 Å². The number of nitrogens with two attached hydrogens (primary N) is 1. The van der Waals surface area contributed by atoms with Crippen molar-refractivity contribution in [3.05, 3.63) is 23.8 Å². The second kappa shape index (κ2) is 5.24. The number of hydrogen-bond donors (Lipinski definition) is 1. The van der Waals surface area contributed by atoms with Crippen LogP contribution in [0, 0.1) is 34.0 Å². The summed E-state index contributed by atoms with van der Waals surface area (Å²) in [5, 5.41) is 25.9. The van der Waals surface area contributed by atoms with Crippen molar-refractivity contribution in [2.45, 2.75) is 0 Å². The summed E-state index contributed by atoms with van der Waals surface area (Å²) in [4.78, 5) is 1.55. The Labute approximate surface area is 93.5 Å². The fraction of sp³-hybridized carbons (Fsp3) is 0.182. The molecule has 0 bridgehead atoms. The van der Waals surface area contributed by atoms with Gasteiger partial charge in [-0.3, -0.25) is 0 Å². The maximum Gasteiger partial charge on any atom is 0.107 e. The van der Waals surface area contributed by atoms with Gasteiger partial charge >= 0.3 is 0 Å². The maximum atomic E-state index is 8.67. The molecular weight excluding hydrogens is 202 g/mol. The second-order valence-electron chi connectivity index (χ2n) is 3.06. The summed E-state index contributed by atoms with van der Waals surface area (Å²) in [5.41, 5.74) is 7.19. The molecule has 0 atom stereocenters. The van der Waals surface area contributed by atoms with E-state index in [2.05, 4.69) is 0 Å². The summed E-state index contributed by atoms with van der Waals surface area (Å²) in [6, 6.07) is 10.7. The molecule has 0 amide bonds. The SMILES string of the molecule is N#CCN(CC#N)c1ccc(C#N)cc1N. The largest absolute Gasteiger partial charge is 0.397 e. The molecule has 0 aliphatic carbocycles. The minimum atomic E-state index is 0.0870. The molecule has 1 aromatic carbocycles. The van der Waals surface area contributed by atoms with Crippen LogP contribution < -0.4 is 10.6 Å². The van der Waals surface area contributed by atoms with Gasteiger partial charge in [0.25, 0.3) is 0 Å². The van der Waals surface area contributed by atoms with E-state index in [0.29, 0.717) is 16.9 Å². The van der Waals surface area contributed by atoms with Crippen LogP contribution in [0.3, 0.4) is 0 Å². The molecule has 0 aliphatic heterocycles. The van der Waals surface area contributed by atoms with Gasteiger partial charge in [0, 0.05) is 0 Å². The highest BCUT2D eigenvalue weighted by Gasteiger charge is 2.09. The third-order valence-corrected chi connectivity index (χ3v) is 2.02. The molecule has 5 nitrogen and oxygen atoms in total. The monoisotopic (exact) mass is 211 g/mol. The zero-order valence-electron chi connectivity index (χ0n) is 8.51. The average molecular weight is 211 g/mol. The molecule has 0 aliphatic rings. The van der Waals surface area contributed by atoms with Crippen LogP contribution in [-0.4, -0.2) is 13.1 Å². The molecule has 0 radical (unpaired) electrons. The van der Waals surface area contributed by atoms with Gasteiger partial charge in [-0.15, -0.1) is 0 Å². The van der Waals surface area contributed by atoms with E-state index >= 15 is 0 Å². The third kappa shape index (κ3) is 2.41. The highest BCUT2D eigenvalue weighted by atomic mass is 15.1. The molecule has 0 spiro atoms. The summed E-state index contributed by atoms with van der Waals surface area (Å²) in [6.07, 6.45) is 0. The molecule has 0 fully saturated rings. The van der Waals surface area contributed by atoms with E-state index in [1.54, 1.807) is 17.0 Å². The smallest absolute Gasteiger partial charge is 0.107 e. The van der Waals surface area contributed by atoms with Crippen molar-refractivity contribution >= 4 is 11.4 Å². The normalized spacial score (nSPS) is 8.56. The van der Waals surface area contributed by atoms with E-state index in [9.17, 15) is 0 Å². The lowest BCUT2D eigenvalue weighted by Crippen LogP contribution is -2.24. The number of hydrogen-bond acceptors (Lipinski definition) is 5. The summed E-state index contributed by atoms with van der Waals surface area (Å²) >= 11 is 0. The number of nitrogen functional groups attached to an aromatic ring is 1. The molecular formula is C11H9N5. The van der Waals surface area contributed by atoms with E-state index in [-0.39, 0.29) is 13.1 Å². The first-order valence-electron chi connectivity index (χ1n) is 4.51. The third-order valence-electron chi connectivity index (χ3n) is 2.02. The van der Waals surface area contributed by atoms with Crippen LogP contribution in [-0.2, 0) is 0 Å². The first-order chi connectivity index (χ1) is 7.72. The highest BCUT2D eigenvalue weighted by molar-refractivity contribution is 5.70. The number of nitriles is 3. The van der Waals surface area contributed by atoms with Gasteiger partial charge in [0.15, 0.2) is 0 Å². The predicted molar refractivity (Wildman–Crippen MR) is 59.0 cm³/mol. The van der Waals surface area contributed by atoms with Crippen LogP contribution in [0.5, 0.6) is 0 Å². The second-order valence-corrected chi connectivity index (χ2v) is 3.06. The Kier molecular flexibility index (Phi) is 3.72. The fourth-order valence-electron chi connectivity index (χ4n) is 1.31. The van der Waals surface area contributed by atoms with Crippen molar-refractivity contribution in [1.29, 1.82) is 15.8 Å². The Bertz CT molecular complexity index is 485. The zero-order valence-corrected chi connectivity index (χ0v) is 8.51. The lowest BCUT2D eigenvalue weighted by molar-refractivity contribution is 0.968.